The number of aromatic nitrogens is 4. The van der Waals surface area contributed by atoms with Crippen LogP contribution in [-0.2, 0) is 14.5 Å². The van der Waals surface area contributed by atoms with E-state index in [0.29, 0.717) is 0 Å². The molecule has 1 rings (SSSR count). The summed E-state index contributed by atoms with van der Waals surface area (Å²) in [4.78, 5) is 54.9. The molecular weight excluding hydrogens is 410 g/mol. The van der Waals surface area contributed by atoms with Crippen LogP contribution >= 0.6 is 11.6 Å². The smallest absolute Gasteiger partial charge is 0.381 e. The highest BCUT2D eigenvalue weighted by Gasteiger charge is 2.41. The first-order valence-corrected chi connectivity index (χ1v) is 6.71. The Kier molecular flexibility index (Phi) is 7.15. The van der Waals surface area contributed by atoms with Crippen molar-refractivity contribution in [1.29, 1.82) is 0 Å². The van der Waals surface area contributed by atoms with E-state index in [-0.39, 0.29) is 9.39 Å². The molecule has 0 fully saturated rings. The standard InChI is InChI=1S/C7H10ClN7O12/c8-5-9-11(16)6(12(17)10-5)24-1-7(2-25-13(18)19,3-26-14(20)21)4-27-15(22)23/h1-4H2,(H2,9,10,16,17)/q+2. The first kappa shape index (κ1) is 21.3. The molecule has 1 heterocycles. The molecule has 0 bridgehead atoms. The van der Waals surface area contributed by atoms with Crippen molar-refractivity contribution in [3.63, 3.8) is 0 Å². The van der Waals surface area contributed by atoms with Gasteiger partial charge in [0, 0.05) is 0 Å². The molecule has 0 aliphatic rings. The topological polar surface area (TPSA) is 242 Å². The van der Waals surface area contributed by atoms with Crippen molar-refractivity contribution in [3.8, 4) is 6.01 Å². The summed E-state index contributed by atoms with van der Waals surface area (Å²) in [6, 6.07) is -0.980. The van der Waals surface area contributed by atoms with Crippen molar-refractivity contribution in [1.82, 2.24) is 10.2 Å². The fourth-order valence-corrected chi connectivity index (χ4v) is 1.66. The van der Waals surface area contributed by atoms with E-state index < -0.39 is 58.4 Å². The molecule has 150 valence electrons. The van der Waals surface area contributed by atoms with Gasteiger partial charge >= 0.3 is 11.3 Å². The van der Waals surface area contributed by atoms with Gasteiger partial charge in [-0.25, -0.2) is 0 Å². The monoisotopic (exact) mass is 419 g/mol. The van der Waals surface area contributed by atoms with Crippen LogP contribution in [0.25, 0.3) is 0 Å². The summed E-state index contributed by atoms with van der Waals surface area (Å²) in [5, 5.41) is 41.3. The van der Waals surface area contributed by atoms with Gasteiger partial charge in [-0.15, -0.1) is 30.3 Å². The average molecular weight is 420 g/mol. The summed E-state index contributed by atoms with van der Waals surface area (Å²) < 4.78 is 4.66. The molecular formula is C7H10ClN7O12+2. The fraction of sp³-hybridized carbons (Fsp3) is 0.714. The van der Waals surface area contributed by atoms with Gasteiger partial charge in [-0.2, -0.15) is 0 Å². The predicted molar refractivity (Wildman–Crippen MR) is 71.1 cm³/mol. The second kappa shape index (κ2) is 9.07. The number of rotatable bonds is 12. The summed E-state index contributed by atoms with van der Waals surface area (Å²) in [6.45, 7) is -4.02. The first-order chi connectivity index (χ1) is 12.5. The van der Waals surface area contributed by atoms with E-state index >= 15 is 0 Å². The molecule has 19 nitrogen and oxygen atoms in total. The Hall–Kier alpha value is -3.77. The maximum absolute atomic E-state index is 11.6. The molecule has 0 radical (unpaired) electrons. The van der Waals surface area contributed by atoms with Gasteiger partial charge < -0.3 is 19.2 Å². The Balaban J connectivity index is 3.11. The van der Waals surface area contributed by atoms with Crippen LogP contribution in [0.1, 0.15) is 0 Å². The highest BCUT2D eigenvalue weighted by molar-refractivity contribution is 6.27. The maximum atomic E-state index is 11.6. The molecule has 1 aromatic rings. The lowest BCUT2D eigenvalue weighted by atomic mass is 9.92. The number of hydrogen-bond acceptors (Lipinski definition) is 13. The maximum Gasteiger partial charge on any atom is 0.785 e. The summed E-state index contributed by atoms with van der Waals surface area (Å²) in [5.41, 5.74) is -2.03. The van der Waals surface area contributed by atoms with Gasteiger partial charge in [0.1, 0.15) is 26.4 Å². The first-order valence-electron chi connectivity index (χ1n) is 6.33. The second-order valence-corrected chi connectivity index (χ2v) is 5.01. The SMILES string of the molecule is O=[N+]([O-])OCC(COc1[n+](O)nc(Cl)[nH][n+]1=O)(CO[N+](=O)[O-])CO[N+](=O)[O-]. The van der Waals surface area contributed by atoms with E-state index in [1.807, 2.05) is 5.10 Å². The molecule has 27 heavy (non-hydrogen) atoms. The van der Waals surface area contributed by atoms with Gasteiger partial charge in [-0.1, -0.05) is 5.10 Å². The Labute approximate surface area is 150 Å². The second-order valence-electron chi connectivity index (χ2n) is 4.65. The molecule has 2 N–H and O–H groups in total. The van der Waals surface area contributed by atoms with Crippen molar-refractivity contribution < 1.29 is 49.1 Å². The minimum Gasteiger partial charge on any atom is -0.381 e. The molecule has 0 aliphatic heterocycles. The number of ether oxygens (including phenoxy) is 1. The minimum atomic E-state index is -2.03. The van der Waals surface area contributed by atoms with Crippen molar-refractivity contribution >= 4 is 11.6 Å². The third-order valence-corrected chi connectivity index (χ3v) is 2.82. The molecule has 20 heteroatoms. The normalized spacial score (nSPS) is 10.7. The van der Waals surface area contributed by atoms with E-state index in [0.717, 1.165) is 0 Å². The van der Waals surface area contributed by atoms with E-state index in [1.54, 1.807) is 0 Å². The summed E-state index contributed by atoms with van der Waals surface area (Å²) in [5.74, 6) is 0. The van der Waals surface area contributed by atoms with Gasteiger partial charge in [-0.3, -0.25) is 5.21 Å². The average Bonchev–Trinajstić information content (AvgIpc) is 2.54. The zero-order valence-corrected chi connectivity index (χ0v) is 13.6. The molecule has 0 saturated carbocycles. The Morgan fingerprint density at radius 3 is 1.85 bits per heavy atom. The largest absolute Gasteiger partial charge is 0.785 e. The third-order valence-electron chi connectivity index (χ3n) is 2.66. The van der Waals surface area contributed by atoms with Crippen molar-refractivity contribution in [2.24, 2.45) is 5.41 Å². The van der Waals surface area contributed by atoms with Crippen LogP contribution in [0.2, 0.25) is 5.28 Å². The number of nitrogens with one attached hydrogen (secondary N) is 1. The Bertz CT molecular complexity index is 723. The quantitative estimate of drug-likeness (QED) is 0.154. The highest BCUT2D eigenvalue weighted by Crippen LogP contribution is 2.21. The number of aromatic amines is 1. The Morgan fingerprint density at radius 1 is 1.04 bits per heavy atom. The number of H-pyrrole nitrogens is 1. The van der Waals surface area contributed by atoms with Crippen molar-refractivity contribution in [3.05, 3.63) is 40.5 Å². The van der Waals surface area contributed by atoms with E-state index in [2.05, 4.69) is 19.6 Å². The predicted octanol–water partition coefficient (Wildman–Crippen LogP) is -2.51. The van der Waals surface area contributed by atoms with E-state index in [4.69, 9.17) is 16.3 Å². The fourth-order valence-electron chi connectivity index (χ4n) is 1.51. The highest BCUT2D eigenvalue weighted by atomic mass is 35.5. The lowest BCUT2D eigenvalue weighted by Gasteiger charge is -2.28. The minimum absolute atomic E-state index is 0.131. The third kappa shape index (κ3) is 6.93. The Morgan fingerprint density at radius 2 is 1.48 bits per heavy atom. The van der Waals surface area contributed by atoms with Crippen LogP contribution < -0.4 is 14.1 Å². The summed E-state index contributed by atoms with van der Waals surface area (Å²) in [6.07, 6.45) is 0. The van der Waals surface area contributed by atoms with E-state index in [1.165, 1.54) is 0 Å². The van der Waals surface area contributed by atoms with Crippen LogP contribution in [0.4, 0.5) is 0 Å². The zero-order chi connectivity index (χ0) is 20.6. The zero-order valence-electron chi connectivity index (χ0n) is 12.8. The van der Waals surface area contributed by atoms with Gasteiger partial charge in [0.15, 0.2) is 0 Å². The molecule has 1 aromatic heterocycles. The molecule has 0 spiro atoms. The van der Waals surface area contributed by atoms with Gasteiger partial charge in [0.2, 0.25) is 4.85 Å². The van der Waals surface area contributed by atoms with Crippen LogP contribution in [0.5, 0.6) is 6.01 Å². The molecule has 0 saturated heterocycles. The van der Waals surface area contributed by atoms with Crippen molar-refractivity contribution in [2.75, 3.05) is 26.4 Å². The van der Waals surface area contributed by atoms with Crippen LogP contribution in [0.3, 0.4) is 0 Å². The molecule has 0 unspecified atom stereocenters. The molecule has 0 aromatic carbocycles. The summed E-state index contributed by atoms with van der Waals surface area (Å²) in [7, 11) is 0. The molecule has 0 amide bonds. The lowest BCUT2D eigenvalue weighted by molar-refractivity contribution is -0.983. The van der Waals surface area contributed by atoms with Crippen molar-refractivity contribution in [2.45, 2.75) is 0 Å². The number of hydrogen-bond donors (Lipinski definition) is 2. The van der Waals surface area contributed by atoms with Crippen LogP contribution in [0, 0.1) is 40.7 Å². The summed E-state index contributed by atoms with van der Waals surface area (Å²) >= 11 is 5.36. The molecule has 0 aliphatic carbocycles. The lowest BCUT2D eigenvalue weighted by Crippen LogP contribution is -2.50. The molecule has 0 atom stereocenters. The number of halogens is 1. The van der Waals surface area contributed by atoms with Gasteiger partial charge in [-0.05, 0) is 11.6 Å². The van der Waals surface area contributed by atoms with Gasteiger partial charge in [0.05, 0.1) is 15.4 Å². The number of nitrogens with zero attached hydrogens (tertiary/aromatic N) is 6. The van der Waals surface area contributed by atoms with Crippen LogP contribution in [0.15, 0.2) is 0 Å². The van der Waals surface area contributed by atoms with E-state index in [9.17, 15) is 40.5 Å². The van der Waals surface area contributed by atoms with Crippen LogP contribution in [-0.4, -0.2) is 57.1 Å². The van der Waals surface area contributed by atoms with Gasteiger partial charge in [0.25, 0.3) is 19.8 Å².